The molecule has 0 spiro atoms. The topological polar surface area (TPSA) is 170 Å². The van der Waals surface area contributed by atoms with E-state index in [9.17, 15) is 30.0 Å². The van der Waals surface area contributed by atoms with Crippen molar-refractivity contribution in [2.75, 3.05) is 13.2 Å². The minimum absolute atomic E-state index is 0.0208. The van der Waals surface area contributed by atoms with E-state index < -0.39 is 61.1 Å². The fourth-order valence-corrected chi connectivity index (χ4v) is 5.78. The van der Waals surface area contributed by atoms with Crippen molar-refractivity contribution in [1.82, 2.24) is 0 Å². The van der Waals surface area contributed by atoms with Crippen LogP contribution in [0.2, 0.25) is 0 Å². The van der Waals surface area contributed by atoms with Crippen LogP contribution in [0.4, 0.5) is 0 Å². The number of hydrogen-bond acceptors (Lipinski definition) is 12. The first kappa shape index (κ1) is 35.8. The molecule has 248 valence electrons. The van der Waals surface area contributed by atoms with E-state index in [1.54, 1.807) is 26.8 Å². The van der Waals surface area contributed by atoms with Crippen LogP contribution in [-0.2, 0) is 38.0 Å². The van der Waals surface area contributed by atoms with E-state index in [4.69, 9.17) is 28.4 Å². The molecule has 3 aliphatic rings. The maximum absolute atomic E-state index is 11.9. The molecule has 13 atom stereocenters. The number of aliphatic hydroxyl groups excluding tert-OH is 4. The Morgan fingerprint density at radius 3 is 2.26 bits per heavy atom. The molecule has 3 rings (SSSR count). The van der Waals surface area contributed by atoms with Gasteiger partial charge >= 0.3 is 11.9 Å². The van der Waals surface area contributed by atoms with Crippen molar-refractivity contribution in [3.8, 4) is 0 Å². The number of hydrogen-bond donors (Lipinski definition) is 4. The highest BCUT2D eigenvalue weighted by atomic mass is 16.7. The lowest BCUT2D eigenvalue weighted by atomic mass is 9.84. The predicted octanol–water partition coefficient (Wildman–Crippen LogP) is 1.99. The first-order valence-corrected chi connectivity index (χ1v) is 15.8. The summed E-state index contributed by atoms with van der Waals surface area (Å²) in [6.07, 6.45) is -1.78. The normalized spacial score (nSPS) is 37.6. The van der Waals surface area contributed by atoms with Gasteiger partial charge in [-0.15, -0.1) is 0 Å². The second-order valence-electron chi connectivity index (χ2n) is 12.1. The third kappa shape index (κ3) is 10.7. The van der Waals surface area contributed by atoms with Gasteiger partial charge in [0.2, 0.25) is 0 Å². The van der Waals surface area contributed by atoms with E-state index in [2.05, 4.69) is 0 Å². The lowest BCUT2D eigenvalue weighted by Crippen LogP contribution is -2.57. The van der Waals surface area contributed by atoms with Crippen LogP contribution in [0.15, 0.2) is 12.2 Å². The fourth-order valence-electron chi connectivity index (χ4n) is 5.78. The molecular formula is C31H52O12. The van der Waals surface area contributed by atoms with Gasteiger partial charge < -0.3 is 48.8 Å². The monoisotopic (exact) mass is 616 g/mol. The maximum atomic E-state index is 11.9. The van der Waals surface area contributed by atoms with Crippen molar-refractivity contribution < 1.29 is 58.4 Å². The van der Waals surface area contributed by atoms with Crippen LogP contribution in [0.25, 0.3) is 0 Å². The first-order valence-electron chi connectivity index (χ1n) is 15.8. The highest BCUT2D eigenvalue weighted by Crippen LogP contribution is 2.43. The van der Waals surface area contributed by atoms with Crippen LogP contribution in [-0.4, -0.2) is 107 Å². The second-order valence-corrected chi connectivity index (χ2v) is 12.1. The Morgan fingerprint density at radius 1 is 0.884 bits per heavy atom. The number of carbonyl (C=O) groups is 2. The quantitative estimate of drug-likeness (QED) is 0.147. The molecule has 0 bridgehead atoms. The molecule has 0 unspecified atom stereocenters. The summed E-state index contributed by atoms with van der Waals surface area (Å²) >= 11 is 0. The highest BCUT2D eigenvalue weighted by molar-refractivity contribution is 5.81. The van der Waals surface area contributed by atoms with Gasteiger partial charge in [0.05, 0.1) is 55.8 Å². The molecule has 12 nitrogen and oxygen atoms in total. The van der Waals surface area contributed by atoms with Crippen LogP contribution < -0.4 is 0 Å². The van der Waals surface area contributed by atoms with Crippen LogP contribution in [0, 0.1) is 17.8 Å². The van der Waals surface area contributed by atoms with Crippen molar-refractivity contribution in [3.63, 3.8) is 0 Å². The van der Waals surface area contributed by atoms with Crippen LogP contribution in [0.1, 0.15) is 79.6 Å². The van der Waals surface area contributed by atoms with E-state index in [0.717, 1.165) is 12.8 Å². The van der Waals surface area contributed by atoms with Gasteiger partial charge in [0.15, 0.2) is 12.6 Å². The first-order chi connectivity index (χ1) is 20.4. The summed E-state index contributed by atoms with van der Waals surface area (Å²) in [4.78, 5) is 23.4. The number of ether oxygens (including phenoxy) is 6. The number of carbonyl (C=O) groups excluding carboxylic acids is 2. The largest absolute Gasteiger partial charge is 0.466 e. The molecule has 0 aromatic carbocycles. The summed E-state index contributed by atoms with van der Waals surface area (Å²) in [5, 5.41) is 42.9. The zero-order valence-corrected chi connectivity index (χ0v) is 26.1. The summed E-state index contributed by atoms with van der Waals surface area (Å²) in [6, 6.07) is 0. The van der Waals surface area contributed by atoms with E-state index in [0.29, 0.717) is 32.5 Å². The van der Waals surface area contributed by atoms with Gasteiger partial charge in [-0.2, -0.15) is 0 Å². The van der Waals surface area contributed by atoms with E-state index in [-0.39, 0.29) is 42.9 Å². The average molecular weight is 617 g/mol. The zero-order chi connectivity index (χ0) is 31.7. The van der Waals surface area contributed by atoms with Crippen molar-refractivity contribution >= 4 is 11.9 Å². The highest BCUT2D eigenvalue weighted by Gasteiger charge is 2.48. The van der Waals surface area contributed by atoms with E-state index >= 15 is 0 Å². The maximum Gasteiger partial charge on any atom is 0.330 e. The molecule has 0 radical (unpaired) electrons. The molecule has 0 amide bonds. The van der Waals surface area contributed by atoms with Gasteiger partial charge in [0, 0.05) is 18.4 Å². The minimum Gasteiger partial charge on any atom is -0.466 e. The summed E-state index contributed by atoms with van der Waals surface area (Å²) in [5.74, 6) is -1.07. The number of allylic oxidation sites excluding steroid dienone is 1. The Labute approximate surface area is 254 Å². The van der Waals surface area contributed by atoms with Gasteiger partial charge in [0.1, 0.15) is 12.2 Å². The molecule has 0 aromatic rings. The van der Waals surface area contributed by atoms with Gasteiger partial charge in [-0.25, -0.2) is 4.79 Å². The minimum atomic E-state index is -1.20. The molecular weight excluding hydrogens is 564 g/mol. The summed E-state index contributed by atoms with van der Waals surface area (Å²) in [6.45, 7) is 9.58. The molecule has 2 heterocycles. The second kappa shape index (κ2) is 17.2. The standard InChI is InChI=1S/C31H52O12/c1-6-38-26(34)11-9-8-10-17(3)40-30-22(28(36)27(35)19(5)42-30)15-25-23(32)16-24(33)31(43-25)41-18(4)12-13-20-14-21(20)29(37)39-7-2/h9,11,17-25,27-28,30-33,35-36H,6-8,10,12-16H2,1-5H3/b11-9+/t17-,18-,19+,20-,21-,22-,23-,24-,25+,27+,28+,30-,31-/m1/s1. The molecule has 2 saturated heterocycles. The zero-order valence-electron chi connectivity index (χ0n) is 26.1. The Hall–Kier alpha value is -1.64. The lowest BCUT2D eigenvalue weighted by molar-refractivity contribution is -0.309. The third-order valence-corrected chi connectivity index (χ3v) is 8.48. The summed E-state index contributed by atoms with van der Waals surface area (Å²) in [7, 11) is 0. The van der Waals surface area contributed by atoms with Crippen LogP contribution in [0.3, 0.4) is 0 Å². The SMILES string of the molecule is CCOC(=O)/C=C/CC[C@@H](C)O[C@@H]1O[C@@H](C)[C@H](O)[C@@H](O)[C@H]1C[C@@H]1O[C@@H](O[C@H](C)CC[C@@H]2C[C@H]2C(=O)OCC)[C@H](O)C[C@H]1O. The Kier molecular flexibility index (Phi) is 14.3. The molecule has 1 aliphatic carbocycles. The van der Waals surface area contributed by atoms with Gasteiger partial charge in [-0.05, 0) is 79.1 Å². The fraction of sp³-hybridized carbons (Fsp3) is 0.871. The predicted molar refractivity (Wildman–Crippen MR) is 153 cm³/mol. The van der Waals surface area contributed by atoms with E-state index in [1.165, 1.54) is 6.08 Å². The molecule has 3 fully saturated rings. The number of aliphatic hydroxyl groups is 4. The molecule has 43 heavy (non-hydrogen) atoms. The molecule has 4 N–H and O–H groups in total. The molecule has 0 aromatic heterocycles. The molecule has 2 aliphatic heterocycles. The number of rotatable bonds is 16. The summed E-state index contributed by atoms with van der Waals surface area (Å²) < 4.78 is 34.1. The van der Waals surface area contributed by atoms with E-state index in [1.807, 2.05) is 13.8 Å². The number of esters is 2. The molecule has 1 saturated carbocycles. The van der Waals surface area contributed by atoms with Crippen molar-refractivity contribution in [3.05, 3.63) is 12.2 Å². The average Bonchev–Trinajstić information content (AvgIpc) is 3.73. The third-order valence-electron chi connectivity index (χ3n) is 8.48. The summed E-state index contributed by atoms with van der Waals surface area (Å²) in [5.41, 5.74) is 0. The van der Waals surface area contributed by atoms with Crippen molar-refractivity contribution in [2.45, 2.75) is 141 Å². The Morgan fingerprint density at radius 2 is 1.56 bits per heavy atom. The van der Waals surface area contributed by atoms with Crippen LogP contribution in [0.5, 0.6) is 0 Å². The Balaban J connectivity index is 1.54. The van der Waals surface area contributed by atoms with Crippen molar-refractivity contribution in [2.24, 2.45) is 17.8 Å². The van der Waals surface area contributed by atoms with Crippen molar-refractivity contribution in [1.29, 1.82) is 0 Å². The van der Waals surface area contributed by atoms with Gasteiger partial charge in [0.25, 0.3) is 0 Å². The van der Waals surface area contributed by atoms with Crippen LogP contribution >= 0.6 is 0 Å². The van der Waals surface area contributed by atoms with Gasteiger partial charge in [-0.1, -0.05) is 6.08 Å². The Bertz CT molecular complexity index is 898. The lowest BCUT2D eigenvalue weighted by Gasteiger charge is -2.45. The smallest absolute Gasteiger partial charge is 0.330 e. The van der Waals surface area contributed by atoms with Gasteiger partial charge in [-0.3, -0.25) is 4.79 Å². The molecule has 12 heteroatoms.